The number of likely N-dealkylation sites (tertiary alicyclic amines) is 2. The minimum Gasteiger partial charge on any atom is -0.465 e. The lowest BCUT2D eigenvalue weighted by Gasteiger charge is -2.44. The first-order valence-corrected chi connectivity index (χ1v) is 33.9. The Morgan fingerprint density at radius 3 is 2.01 bits per heavy atom. The molecule has 0 saturated carbocycles. The number of aromatic nitrogens is 1. The van der Waals surface area contributed by atoms with Crippen LogP contribution in [0.2, 0.25) is 0 Å². The quantitative estimate of drug-likeness (QED) is 0.0390. The number of nitrogens with one attached hydrogen (secondary N) is 1. The van der Waals surface area contributed by atoms with Gasteiger partial charge in [0.25, 0.3) is 11.8 Å². The number of para-hydroxylation sites is 1. The lowest BCUT2D eigenvalue weighted by molar-refractivity contribution is -0.143. The zero-order chi connectivity index (χ0) is 69.2. The summed E-state index contributed by atoms with van der Waals surface area (Å²) in [5.74, 6) is -1.90. The first kappa shape index (κ1) is 80.2. The molecule has 17 nitrogen and oxygen atoms in total. The van der Waals surface area contributed by atoms with Gasteiger partial charge < -0.3 is 49.3 Å². The van der Waals surface area contributed by atoms with Crippen molar-refractivity contribution in [3.05, 3.63) is 171 Å². The highest BCUT2D eigenvalue weighted by atomic mass is 35.5. The van der Waals surface area contributed by atoms with Crippen LogP contribution in [-0.4, -0.2) is 188 Å². The van der Waals surface area contributed by atoms with Gasteiger partial charge >= 0.3 is 18.4 Å². The van der Waals surface area contributed by atoms with Crippen LogP contribution in [0.5, 0.6) is 0 Å². The maximum Gasteiger partial charge on any atom is 0.416 e. The third-order valence-corrected chi connectivity index (χ3v) is 20.7. The van der Waals surface area contributed by atoms with Crippen LogP contribution in [0, 0.1) is 12.7 Å². The van der Waals surface area contributed by atoms with Crippen molar-refractivity contribution in [3.63, 3.8) is 0 Å². The molecular formula is C72H87Cl3F7N9O8S. The van der Waals surface area contributed by atoms with Gasteiger partial charge in [-0.05, 0) is 136 Å². The molecule has 0 radical (unpaired) electrons. The Kier molecular flexibility index (Phi) is 28.2. The van der Waals surface area contributed by atoms with Crippen LogP contribution in [-0.2, 0) is 48.9 Å². The van der Waals surface area contributed by atoms with Crippen molar-refractivity contribution < 1.29 is 69.3 Å². The molecule has 0 bridgehead atoms. The predicted molar refractivity (Wildman–Crippen MR) is 378 cm³/mol. The van der Waals surface area contributed by atoms with E-state index in [1.54, 1.807) is 35.7 Å². The van der Waals surface area contributed by atoms with Gasteiger partial charge in [-0.1, -0.05) is 103 Å². The number of carbonyl (C=O) groups excluding carboxylic acids is 4. The first-order valence-electron chi connectivity index (χ1n) is 33.1. The van der Waals surface area contributed by atoms with Crippen molar-refractivity contribution in [3.8, 4) is 11.1 Å². The van der Waals surface area contributed by atoms with Crippen LogP contribution < -0.4 is 10.2 Å². The van der Waals surface area contributed by atoms with E-state index in [9.17, 15) is 59.8 Å². The summed E-state index contributed by atoms with van der Waals surface area (Å²) in [6, 6.07) is 31.7. The molecule has 5 amide bonds. The van der Waals surface area contributed by atoms with E-state index in [2.05, 4.69) is 32.2 Å². The summed E-state index contributed by atoms with van der Waals surface area (Å²) in [7, 11) is 5.27. The number of thiazole rings is 1. The second kappa shape index (κ2) is 35.2. The number of nitrogens with zero attached hydrogens (tertiary/aromatic N) is 8. The summed E-state index contributed by atoms with van der Waals surface area (Å²) < 4.78 is 110. The number of carboxylic acid groups (broad SMARTS) is 1. The molecule has 3 saturated heterocycles. The zero-order valence-electron chi connectivity index (χ0n) is 56.3. The number of anilines is 2. The van der Waals surface area contributed by atoms with E-state index in [0.717, 1.165) is 59.5 Å². The van der Waals surface area contributed by atoms with E-state index < -0.39 is 64.6 Å². The number of benzene rings is 5. The summed E-state index contributed by atoms with van der Waals surface area (Å²) in [4.78, 5) is 84.2. The van der Waals surface area contributed by atoms with Crippen molar-refractivity contribution in [1.29, 1.82) is 0 Å². The Bertz CT molecular complexity index is 3700. The molecule has 1 aromatic heterocycles. The van der Waals surface area contributed by atoms with Crippen LogP contribution in [0.15, 0.2) is 121 Å². The number of rotatable bonds is 26. The fraction of sp³-hybridized carbons (Fsp3) is 0.472. The molecule has 5 aromatic carbocycles. The standard InChI is InChI=1S/C72H84F7N9O8S.3ClH/c1-49-64(97-67(81-49)80-32-14-6-9-22-62(89)83(3)40-41-85-35-27-57(28-36-85)88(68(93)94)60-21-13-11-19-58(60)50-16-7-5-8-17-50)66(92)84(4)34-15-33-82(2)63(90)46-95-61-44-51-18-10-12-20-59(51)69(61)29-37-86(38-30-69)39-31-70(53-23-25-56(73)26-24-53)47-87(48-96-70)65(91)52-42-54(71(74,75)76)45-55(43-52)72(77,78)79;;;/h5,7-8,10-13,16-21,23-26,42-43,45,57,61H,6,9,14-15,22,27-41,44,46-48H2,1-4H3,(H,80,81)(H,93,94);3*1H/t61-,70+;;;/m0.../s1. The second-order valence-corrected chi connectivity index (χ2v) is 27.0. The minimum absolute atomic E-state index is 0. The van der Waals surface area contributed by atoms with E-state index in [1.165, 1.54) is 40.5 Å². The van der Waals surface area contributed by atoms with Crippen molar-refractivity contribution in [2.45, 2.75) is 113 Å². The molecule has 4 aliphatic rings. The van der Waals surface area contributed by atoms with Gasteiger partial charge in [0, 0.05) is 103 Å². The molecule has 2 atom stereocenters. The average molecular weight is 1480 g/mol. The molecule has 6 aromatic rings. The molecule has 28 heteroatoms. The summed E-state index contributed by atoms with van der Waals surface area (Å²) in [5.41, 5.74) is 0.234. The lowest BCUT2D eigenvalue weighted by Crippen LogP contribution is -2.50. The van der Waals surface area contributed by atoms with E-state index in [1.807, 2.05) is 73.8 Å². The van der Waals surface area contributed by atoms with Gasteiger partial charge in [-0.25, -0.2) is 14.2 Å². The fourth-order valence-corrected chi connectivity index (χ4v) is 15.0. The molecule has 1 spiro atoms. The maximum atomic E-state index is 14.3. The number of hydrogen-bond acceptors (Lipinski definition) is 12. The maximum absolute atomic E-state index is 14.3. The molecule has 2 N–H and O–H groups in total. The van der Waals surface area contributed by atoms with E-state index in [4.69, 9.17) is 9.47 Å². The molecule has 10 rings (SSSR count). The van der Waals surface area contributed by atoms with Crippen LogP contribution in [0.4, 0.5) is 46.3 Å². The number of fused-ring (bicyclic) bond motifs is 2. The molecule has 3 fully saturated rings. The van der Waals surface area contributed by atoms with Gasteiger partial charge in [-0.15, -0.1) is 37.2 Å². The van der Waals surface area contributed by atoms with E-state index >= 15 is 0 Å². The summed E-state index contributed by atoms with van der Waals surface area (Å²) >= 11 is 1.30. The van der Waals surface area contributed by atoms with Gasteiger partial charge in [0.2, 0.25) is 11.8 Å². The molecule has 100 heavy (non-hydrogen) atoms. The van der Waals surface area contributed by atoms with Crippen LogP contribution in [0.1, 0.15) is 118 Å². The highest BCUT2D eigenvalue weighted by Crippen LogP contribution is 2.49. The van der Waals surface area contributed by atoms with Crippen molar-refractivity contribution in [1.82, 2.24) is 34.4 Å². The van der Waals surface area contributed by atoms with Crippen LogP contribution >= 0.6 is 48.6 Å². The lowest BCUT2D eigenvalue weighted by atomic mass is 9.72. The normalized spacial score (nSPS) is 17.7. The van der Waals surface area contributed by atoms with Gasteiger partial charge in [0.1, 0.15) is 29.6 Å². The Morgan fingerprint density at radius 2 is 1.34 bits per heavy atom. The number of unbranched alkanes of at least 4 members (excludes halogenated alkanes) is 2. The van der Waals surface area contributed by atoms with Gasteiger partial charge in [0.15, 0.2) is 5.13 Å². The smallest absolute Gasteiger partial charge is 0.416 e. The summed E-state index contributed by atoms with van der Waals surface area (Å²) in [5, 5.41) is 14.4. The second-order valence-electron chi connectivity index (χ2n) is 26.0. The Morgan fingerprint density at radius 1 is 0.720 bits per heavy atom. The number of amides is 5. The fourth-order valence-electron chi connectivity index (χ4n) is 14.0. The number of hydrogen-bond donors (Lipinski definition) is 2. The Hall–Kier alpha value is -7.10. The van der Waals surface area contributed by atoms with Gasteiger partial charge in [0.05, 0.1) is 35.2 Å². The van der Waals surface area contributed by atoms with E-state index in [-0.39, 0.29) is 92.7 Å². The molecule has 4 heterocycles. The third-order valence-electron chi connectivity index (χ3n) is 19.6. The number of carbonyl (C=O) groups is 5. The number of halogens is 10. The molecular weight excluding hydrogens is 1390 g/mol. The highest BCUT2D eigenvalue weighted by molar-refractivity contribution is 7.17. The number of likely N-dealkylation sites (N-methyl/N-ethyl adjacent to an activating group) is 2. The summed E-state index contributed by atoms with van der Waals surface area (Å²) in [6.45, 7) is 6.79. The minimum atomic E-state index is -5.15. The average Bonchev–Trinajstić information content (AvgIpc) is 1.58. The van der Waals surface area contributed by atoms with Crippen molar-refractivity contribution >= 4 is 89.1 Å². The first-order chi connectivity index (χ1) is 46.3. The number of ether oxygens (including phenoxy) is 2. The van der Waals surface area contributed by atoms with Crippen LogP contribution in [0.3, 0.4) is 0 Å². The van der Waals surface area contributed by atoms with Crippen LogP contribution in [0.25, 0.3) is 11.1 Å². The Labute approximate surface area is 601 Å². The Balaban J connectivity index is 0.00000468. The van der Waals surface area contributed by atoms with Crippen molar-refractivity contribution in [2.24, 2.45) is 0 Å². The third kappa shape index (κ3) is 19.3. The molecule has 1 aliphatic carbocycles. The van der Waals surface area contributed by atoms with Gasteiger partial charge in [-0.2, -0.15) is 26.3 Å². The molecule has 3 aliphatic heterocycles. The highest BCUT2D eigenvalue weighted by Gasteiger charge is 2.50. The number of alkyl halides is 6. The topological polar surface area (TPSA) is 172 Å². The SMILES string of the molecule is Cc1nc(NCCCCCC(=O)N(C)CCN2CCC(N(C(=O)O)c3ccccc3-c3ccccc3)CC2)sc1C(=O)N(C)CCCN(C)C(=O)CO[C@H]1Cc2ccccc2C12CCN(CC[C@]1(c3ccc(F)cc3)CN(C(=O)c3cc(C(F)(F)F)cc(C(F)(F)F)c3)CO1)CC2.Cl.Cl.Cl. The summed E-state index contributed by atoms with van der Waals surface area (Å²) in [6.07, 6.45) is -4.68. The zero-order valence-corrected chi connectivity index (χ0v) is 59.6. The predicted octanol–water partition coefficient (Wildman–Crippen LogP) is 14.0. The number of aryl methyl sites for hydroxylation is 1. The number of piperidine rings is 2. The monoisotopic (exact) mass is 1480 g/mol. The van der Waals surface area contributed by atoms with Gasteiger partial charge in [-0.3, -0.25) is 24.1 Å². The largest absolute Gasteiger partial charge is 0.465 e. The molecule has 544 valence electrons. The van der Waals surface area contributed by atoms with Crippen molar-refractivity contribution in [2.75, 3.05) is 117 Å². The van der Waals surface area contributed by atoms with E-state index in [0.29, 0.717) is 136 Å². The molecule has 0 unspecified atom stereocenters.